The predicted molar refractivity (Wildman–Crippen MR) is 72.6 cm³/mol. The van der Waals surface area contributed by atoms with Crippen LogP contribution in [0.4, 0.5) is 4.79 Å². The maximum absolute atomic E-state index is 12.4. The van der Waals surface area contributed by atoms with Gasteiger partial charge in [0.15, 0.2) is 0 Å². The van der Waals surface area contributed by atoms with E-state index >= 15 is 0 Å². The molecule has 1 rings (SSSR count). The van der Waals surface area contributed by atoms with Crippen molar-refractivity contribution in [1.29, 1.82) is 0 Å². The minimum atomic E-state index is -1.05. The van der Waals surface area contributed by atoms with E-state index in [1.54, 1.807) is 4.90 Å². The van der Waals surface area contributed by atoms with Crippen LogP contribution in [0.25, 0.3) is 0 Å². The number of amides is 2. The first kappa shape index (κ1) is 15.4. The summed E-state index contributed by atoms with van der Waals surface area (Å²) in [5, 5.41) is 8.85. The van der Waals surface area contributed by atoms with Gasteiger partial charge in [0.05, 0.1) is 6.54 Å². The zero-order valence-corrected chi connectivity index (χ0v) is 11.8. The number of hydrogen-bond acceptors (Lipinski definition) is 2. The summed E-state index contributed by atoms with van der Waals surface area (Å²) in [5.41, 5.74) is 0. The lowest BCUT2D eigenvalue weighted by molar-refractivity contribution is -0.137. The van der Waals surface area contributed by atoms with E-state index in [0.29, 0.717) is 18.4 Å². The van der Waals surface area contributed by atoms with Crippen LogP contribution in [0.5, 0.6) is 0 Å². The molecule has 5 nitrogen and oxygen atoms in total. The van der Waals surface area contributed by atoms with Gasteiger partial charge in [0.1, 0.15) is 6.54 Å². The van der Waals surface area contributed by atoms with Gasteiger partial charge in [0.2, 0.25) is 0 Å². The summed E-state index contributed by atoms with van der Waals surface area (Å²) in [6, 6.07) is -0.163. The third kappa shape index (κ3) is 3.88. The number of hydrogen-bond donors (Lipinski definition) is 1. The highest BCUT2D eigenvalue weighted by Gasteiger charge is 2.34. The normalized spacial score (nSPS) is 26.6. The number of carboxylic acids is 1. The van der Waals surface area contributed by atoms with E-state index in [4.69, 9.17) is 11.5 Å². The highest BCUT2D eigenvalue weighted by Crippen LogP contribution is 2.27. The second kappa shape index (κ2) is 6.46. The van der Waals surface area contributed by atoms with E-state index in [1.807, 2.05) is 6.92 Å². The lowest BCUT2D eigenvalue weighted by atomic mass is 9.86. The Morgan fingerprint density at radius 3 is 2.58 bits per heavy atom. The molecular weight excluding hydrogens is 244 g/mol. The molecule has 5 heteroatoms. The molecule has 0 aromatic carbocycles. The molecule has 1 saturated heterocycles. The fraction of sp³-hybridized carbons (Fsp3) is 0.714. The topological polar surface area (TPSA) is 60.9 Å². The van der Waals surface area contributed by atoms with Crippen LogP contribution in [-0.2, 0) is 4.79 Å². The van der Waals surface area contributed by atoms with E-state index < -0.39 is 5.97 Å². The highest BCUT2D eigenvalue weighted by molar-refractivity contribution is 5.80. The molecule has 3 unspecified atom stereocenters. The second-order valence-corrected chi connectivity index (χ2v) is 5.45. The molecule has 3 atom stereocenters. The SMILES string of the molecule is C#CCN(CC(=O)O)C(=O)N1CC(C)CC(C)C1C. The fourth-order valence-electron chi connectivity index (χ4n) is 2.61. The Morgan fingerprint density at radius 2 is 2.05 bits per heavy atom. The number of urea groups is 1. The zero-order valence-electron chi connectivity index (χ0n) is 11.8. The molecule has 1 N–H and O–H groups in total. The molecule has 0 aromatic rings. The first-order valence-corrected chi connectivity index (χ1v) is 6.57. The summed E-state index contributed by atoms with van der Waals surface area (Å²) in [6.45, 7) is 6.55. The molecule has 0 aliphatic carbocycles. The van der Waals surface area contributed by atoms with Crippen molar-refractivity contribution in [3.8, 4) is 12.3 Å². The van der Waals surface area contributed by atoms with Crippen LogP contribution in [0.2, 0.25) is 0 Å². The first-order valence-electron chi connectivity index (χ1n) is 6.57. The highest BCUT2D eigenvalue weighted by atomic mass is 16.4. The van der Waals surface area contributed by atoms with Gasteiger partial charge >= 0.3 is 12.0 Å². The average molecular weight is 266 g/mol. The Hall–Kier alpha value is -1.70. The summed E-state index contributed by atoms with van der Waals surface area (Å²) in [4.78, 5) is 26.2. The summed E-state index contributed by atoms with van der Waals surface area (Å²) >= 11 is 0. The van der Waals surface area contributed by atoms with Crippen LogP contribution in [0.15, 0.2) is 0 Å². The molecule has 0 spiro atoms. The maximum atomic E-state index is 12.4. The predicted octanol–water partition coefficient (Wildman–Crippen LogP) is 1.49. The summed E-state index contributed by atoms with van der Waals surface area (Å²) < 4.78 is 0. The van der Waals surface area contributed by atoms with Crippen molar-refractivity contribution in [2.24, 2.45) is 11.8 Å². The maximum Gasteiger partial charge on any atom is 0.323 e. The van der Waals surface area contributed by atoms with Crippen LogP contribution in [0.3, 0.4) is 0 Å². The largest absolute Gasteiger partial charge is 0.480 e. The quantitative estimate of drug-likeness (QED) is 0.787. The Kier molecular flexibility index (Phi) is 5.22. The van der Waals surface area contributed by atoms with Gasteiger partial charge in [0.25, 0.3) is 0 Å². The molecule has 0 saturated carbocycles. The van der Waals surface area contributed by atoms with Crippen molar-refractivity contribution < 1.29 is 14.7 Å². The van der Waals surface area contributed by atoms with Crippen molar-refractivity contribution >= 4 is 12.0 Å². The molecule has 1 fully saturated rings. The van der Waals surface area contributed by atoms with Gasteiger partial charge in [-0.05, 0) is 25.2 Å². The molecule has 1 aliphatic rings. The van der Waals surface area contributed by atoms with Crippen molar-refractivity contribution in [2.75, 3.05) is 19.6 Å². The zero-order chi connectivity index (χ0) is 14.6. The van der Waals surface area contributed by atoms with E-state index in [1.165, 1.54) is 4.90 Å². The van der Waals surface area contributed by atoms with Gasteiger partial charge in [-0.15, -0.1) is 6.42 Å². The average Bonchev–Trinajstić information content (AvgIpc) is 2.32. The Bertz CT molecular complexity index is 389. The van der Waals surface area contributed by atoms with Crippen molar-refractivity contribution in [3.63, 3.8) is 0 Å². The van der Waals surface area contributed by atoms with Crippen LogP contribution in [0.1, 0.15) is 27.2 Å². The molecule has 0 aromatic heterocycles. The van der Waals surface area contributed by atoms with Gasteiger partial charge in [-0.2, -0.15) is 0 Å². The molecule has 19 heavy (non-hydrogen) atoms. The number of likely N-dealkylation sites (tertiary alicyclic amines) is 1. The third-order valence-electron chi connectivity index (χ3n) is 3.72. The number of rotatable bonds is 3. The standard InChI is InChI=1S/C14H22N2O3/c1-5-6-15(9-13(17)18)14(19)16-8-10(2)7-11(3)12(16)4/h1,10-12H,6-9H2,2-4H3,(H,17,18). The fourth-order valence-corrected chi connectivity index (χ4v) is 2.61. The minimum absolute atomic E-state index is 0.0249. The number of carboxylic acid groups (broad SMARTS) is 1. The van der Waals surface area contributed by atoms with Gasteiger partial charge in [0, 0.05) is 12.6 Å². The number of carbonyl (C=O) groups excluding carboxylic acids is 1. The summed E-state index contributed by atoms with van der Waals surface area (Å²) in [6.07, 6.45) is 6.29. The number of nitrogens with zero attached hydrogens (tertiary/aromatic N) is 2. The monoisotopic (exact) mass is 266 g/mol. The first-order chi connectivity index (χ1) is 8.86. The van der Waals surface area contributed by atoms with Crippen LogP contribution < -0.4 is 0 Å². The molecule has 1 aliphatic heterocycles. The summed E-state index contributed by atoms with van der Waals surface area (Å²) in [7, 11) is 0. The number of terminal acetylenes is 1. The van der Waals surface area contributed by atoms with Gasteiger partial charge < -0.3 is 14.9 Å². The Labute approximate surface area is 114 Å². The van der Waals surface area contributed by atoms with Crippen LogP contribution >= 0.6 is 0 Å². The summed E-state index contributed by atoms with van der Waals surface area (Å²) in [5.74, 6) is 2.13. The molecule has 0 radical (unpaired) electrons. The Morgan fingerprint density at radius 1 is 1.42 bits per heavy atom. The van der Waals surface area contributed by atoms with Crippen molar-refractivity contribution in [2.45, 2.75) is 33.2 Å². The van der Waals surface area contributed by atoms with Crippen LogP contribution in [0, 0.1) is 24.2 Å². The van der Waals surface area contributed by atoms with E-state index in [0.717, 1.165) is 6.42 Å². The molecule has 0 bridgehead atoms. The van der Waals surface area contributed by atoms with E-state index in [9.17, 15) is 9.59 Å². The number of piperidine rings is 1. The molecule has 1 heterocycles. The van der Waals surface area contributed by atoms with Gasteiger partial charge in [-0.25, -0.2) is 4.79 Å². The van der Waals surface area contributed by atoms with Crippen molar-refractivity contribution in [1.82, 2.24) is 9.80 Å². The lowest BCUT2D eigenvalue weighted by Crippen LogP contribution is -2.54. The Balaban J connectivity index is 2.82. The smallest absolute Gasteiger partial charge is 0.323 e. The van der Waals surface area contributed by atoms with Crippen LogP contribution in [-0.4, -0.2) is 52.6 Å². The molecule has 2 amide bonds. The second-order valence-electron chi connectivity index (χ2n) is 5.45. The molecular formula is C14H22N2O3. The van der Waals surface area contributed by atoms with Gasteiger partial charge in [-0.1, -0.05) is 19.8 Å². The van der Waals surface area contributed by atoms with E-state index in [2.05, 4.69) is 19.8 Å². The number of carbonyl (C=O) groups is 2. The number of aliphatic carboxylic acids is 1. The lowest BCUT2D eigenvalue weighted by Gasteiger charge is -2.42. The van der Waals surface area contributed by atoms with Crippen molar-refractivity contribution in [3.05, 3.63) is 0 Å². The third-order valence-corrected chi connectivity index (χ3v) is 3.72. The van der Waals surface area contributed by atoms with E-state index in [-0.39, 0.29) is 25.2 Å². The minimum Gasteiger partial charge on any atom is -0.480 e. The molecule has 106 valence electrons. The van der Waals surface area contributed by atoms with Gasteiger partial charge in [-0.3, -0.25) is 4.79 Å².